The second kappa shape index (κ2) is 6.93. The molecule has 1 unspecified atom stereocenters. The van der Waals surface area contributed by atoms with Gasteiger partial charge in [0, 0.05) is 7.05 Å². The highest BCUT2D eigenvalue weighted by molar-refractivity contribution is 5.78. The molecule has 5 nitrogen and oxygen atoms in total. The van der Waals surface area contributed by atoms with Crippen LogP contribution in [0.5, 0.6) is 5.75 Å². The normalized spacial score (nSPS) is 14.1. The average Bonchev–Trinajstić information content (AvgIpc) is 2.43. The molecule has 0 radical (unpaired) electrons. The fourth-order valence-corrected chi connectivity index (χ4v) is 1.85. The van der Waals surface area contributed by atoms with Crippen molar-refractivity contribution >= 4 is 12.4 Å². The van der Waals surface area contributed by atoms with Crippen molar-refractivity contribution in [2.75, 3.05) is 7.05 Å². The summed E-state index contributed by atoms with van der Waals surface area (Å²) in [5, 5.41) is 0. The number of carbonyl (C=O) groups excluding carboxylic acids is 2. The summed E-state index contributed by atoms with van der Waals surface area (Å²) in [5.74, 6) is -0.0943. The summed E-state index contributed by atoms with van der Waals surface area (Å²) < 4.78 is 34.2. The summed E-state index contributed by atoms with van der Waals surface area (Å²) in [4.78, 5) is 24.9. The number of likely N-dealkylation sites (N-methyl/N-ethyl adjacent to an activating group) is 1. The van der Waals surface area contributed by atoms with E-state index in [1.807, 2.05) is 0 Å². The summed E-state index contributed by atoms with van der Waals surface area (Å²) in [6, 6.07) is 5.65. The van der Waals surface area contributed by atoms with Gasteiger partial charge >= 0.3 is 12.7 Å². The Kier molecular flexibility index (Phi) is 5.69. The molecular weight excluding hydrogens is 308 g/mol. The quantitative estimate of drug-likeness (QED) is 0.775. The number of ether oxygens (including phenoxy) is 2. The predicted octanol–water partition coefficient (Wildman–Crippen LogP) is 3.57. The van der Waals surface area contributed by atoms with Gasteiger partial charge in [-0.15, -0.1) is 0 Å². The standard InChI is InChI=1S/C16H21F2NO4/c1-15(2,3)23-14(21)19(5)16(4,10-20)11-7-6-8-12(9-11)22-13(17)18/h6-10,13H,1-5H3. The third-order valence-corrected chi connectivity index (χ3v) is 3.24. The second-order valence-corrected chi connectivity index (χ2v) is 6.21. The number of nitrogens with zero attached hydrogens (tertiary/aromatic N) is 1. The van der Waals surface area contributed by atoms with Gasteiger partial charge < -0.3 is 14.3 Å². The first-order chi connectivity index (χ1) is 10.5. The molecule has 7 heteroatoms. The van der Waals surface area contributed by atoms with Crippen molar-refractivity contribution in [3.05, 3.63) is 29.8 Å². The van der Waals surface area contributed by atoms with Crippen LogP contribution in [0.1, 0.15) is 33.3 Å². The molecule has 0 fully saturated rings. The van der Waals surface area contributed by atoms with Crippen LogP contribution in [0.15, 0.2) is 24.3 Å². The van der Waals surface area contributed by atoms with E-state index in [1.54, 1.807) is 26.8 Å². The van der Waals surface area contributed by atoms with Crippen LogP contribution < -0.4 is 4.74 Å². The first kappa shape index (κ1) is 18.9. The summed E-state index contributed by atoms with van der Waals surface area (Å²) in [6.07, 6.45) is -0.148. The molecule has 0 aromatic heterocycles. The second-order valence-electron chi connectivity index (χ2n) is 6.21. The minimum atomic E-state index is -2.98. The first-order valence-electron chi connectivity index (χ1n) is 6.98. The van der Waals surface area contributed by atoms with Gasteiger partial charge in [0.05, 0.1) is 0 Å². The molecule has 0 heterocycles. The molecule has 0 aliphatic rings. The average molecular weight is 329 g/mol. The van der Waals surface area contributed by atoms with Gasteiger partial charge in [0.1, 0.15) is 23.2 Å². The number of hydrogen-bond donors (Lipinski definition) is 0. The van der Waals surface area contributed by atoms with E-state index in [1.165, 1.54) is 32.2 Å². The maximum atomic E-state index is 12.3. The minimum absolute atomic E-state index is 0.0943. The molecule has 23 heavy (non-hydrogen) atoms. The van der Waals surface area contributed by atoms with Crippen LogP contribution in [0.2, 0.25) is 0 Å². The molecule has 1 aromatic carbocycles. The lowest BCUT2D eigenvalue weighted by atomic mass is 9.92. The first-order valence-corrected chi connectivity index (χ1v) is 6.98. The predicted molar refractivity (Wildman–Crippen MR) is 80.5 cm³/mol. The van der Waals surface area contributed by atoms with E-state index in [9.17, 15) is 18.4 Å². The van der Waals surface area contributed by atoms with E-state index >= 15 is 0 Å². The van der Waals surface area contributed by atoms with Crippen LogP contribution >= 0.6 is 0 Å². The molecular formula is C16H21F2NO4. The third kappa shape index (κ3) is 4.91. The van der Waals surface area contributed by atoms with Crippen LogP contribution in [-0.4, -0.2) is 36.5 Å². The van der Waals surface area contributed by atoms with E-state index in [2.05, 4.69) is 4.74 Å². The van der Waals surface area contributed by atoms with Crippen LogP contribution in [0.4, 0.5) is 13.6 Å². The molecule has 1 atom stereocenters. The van der Waals surface area contributed by atoms with Crippen molar-refractivity contribution in [1.29, 1.82) is 0 Å². The van der Waals surface area contributed by atoms with Gasteiger partial charge in [-0.05, 0) is 45.4 Å². The fraction of sp³-hybridized carbons (Fsp3) is 0.500. The van der Waals surface area contributed by atoms with Crippen molar-refractivity contribution in [3.63, 3.8) is 0 Å². The summed E-state index contributed by atoms with van der Waals surface area (Å²) in [7, 11) is 1.41. The lowest BCUT2D eigenvalue weighted by Gasteiger charge is -2.35. The molecule has 0 aliphatic carbocycles. The molecule has 1 rings (SSSR count). The number of alkyl halides is 2. The Hall–Kier alpha value is -2.18. The van der Waals surface area contributed by atoms with Crippen LogP contribution in [0.25, 0.3) is 0 Å². The Morgan fingerprint density at radius 3 is 2.35 bits per heavy atom. The Bertz CT molecular complexity index is 571. The smallest absolute Gasteiger partial charge is 0.411 e. The number of benzene rings is 1. The van der Waals surface area contributed by atoms with Gasteiger partial charge in [-0.2, -0.15) is 8.78 Å². The topological polar surface area (TPSA) is 55.8 Å². The van der Waals surface area contributed by atoms with E-state index in [0.29, 0.717) is 11.8 Å². The largest absolute Gasteiger partial charge is 0.444 e. The van der Waals surface area contributed by atoms with E-state index in [0.717, 1.165) is 4.90 Å². The van der Waals surface area contributed by atoms with Crippen molar-refractivity contribution in [1.82, 2.24) is 4.90 Å². The molecule has 0 aliphatic heterocycles. The van der Waals surface area contributed by atoms with Gasteiger partial charge in [0.2, 0.25) is 0 Å². The Morgan fingerprint density at radius 2 is 1.87 bits per heavy atom. The Labute approximate surface area is 134 Å². The van der Waals surface area contributed by atoms with Gasteiger partial charge in [0.15, 0.2) is 0 Å². The highest BCUT2D eigenvalue weighted by Crippen LogP contribution is 2.29. The summed E-state index contributed by atoms with van der Waals surface area (Å²) in [6.45, 7) is 3.62. The molecule has 0 N–H and O–H groups in total. The molecule has 0 saturated heterocycles. The molecule has 0 spiro atoms. The van der Waals surface area contributed by atoms with E-state index < -0.39 is 23.8 Å². The number of rotatable bonds is 5. The van der Waals surface area contributed by atoms with Crippen molar-refractivity contribution < 1.29 is 27.8 Å². The molecule has 128 valence electrons. The van der Waals surface area contributed by atoms with Gasteiger partial charge in [0.25, 0.3) is 0 Å². The van der Waals surface area contributed by atoms with Crippen LogP contribution in [0.3, 0.4) is 0 Å². The van der Waals surface area contributed by atoms with Gasteiger partial charge in [-0.1, -0.05) is 12.1 Å². The SMILES string of the molecule is CN(C(=O)OC(C)(C)C)C(C)(C=O)c1cccc(OC(F)F)c1. The summed E-state index contributed by atoms with van der Waals surface area (Å²) in [5.41, 5.74) is -1.78. The monoisotopic (exact) mass is 329 g/mol. The lowest BCUT2D eigenvalue weighted by Crippen LogP contribution is -2.48. The van der Waals surface area contributed by atoms with E-state index in [-0.39, 0.29) is 5.75 Å². The maximum absolute atomic E-state index is 12.3. The van der Waals surface area contributed by atoms with Crippen molar-refractivity contribution in [2.45, 2.75) is 45.4 Å². The fourth-order valence-electron chi connectivity index (χ4n) is 1.85. The number of aldehydes is 1. The lowest BCUT2D eigenvalue weighted by molar-refractivity contribution is -0.117. The van der Waals surface area contributed by atoms with E-state index in [4.69, 9.17) is 4.74 Å². The summed E-state index contributed by atoms with van der Waals surface area (Å²) >= 11 is 0. The highest BCUT2D eigenvalue weighted by Gasteiger charge is 2.37. The minimum Gasteiger partial charge on any atom is -0.444 e. The van der Waals surface area contributed by atoms with Crippen molar-refractivity contribution in [3.8, 4) is 5.75 Å². The third-order valence-electron chi connectivity index (χ3n) is 3.24. The van der Waals surface area contributed by atoms with Crippen LogP contribution in [0, 0.1) is 0 Å². The molecule has 1 aromatic rings. The van der Waals surface area contributed by atoms with Crippen LogP contribution in [-0.2, 0) is 15.1 Å². The number of hydrogen-bond acceptors (Lipinski definition) is 4. The zero-order valence-corrected chi connectivity index (χ0v) is 13.8. The maximum Gasteiger partial charge on any atom is 0.411 e. The van der Waals surface area contributed by atoms with Crippen molar-refractivity contribution in [2.24, 2.45) is 0 Å². The Balaban J connectivity index is 3.13. The number of halogens is 2. The number of carbonyl (C=O) groups is 2. The van der Waals surface area contributed by atoms with Gasteiger partial charge in [-0.25, -0.2) is 4.79 Å². The molecule has 0 bridgehead atoms. The van der Waals surface area contributed by atoms with Gasteiger partial charge in [-0.3, -0.25) is 4.90 Å². The Morgan fingerprint density at radius 1 is 1.26 bits per heavy atom. The highest BCUT2D eigenvalue weighted by atomic mass is 19.3. The zero-order valence-electron chi connectivity index (χ0n) is 13.8. The number of amides is 1. The molecule has 1 amide bonds. The molecule has 0 saturated carbocycles. The zero-order chi connectivity index (χ0) is 17.8.